The van der Waals surface area contributed by atoms with Crippen LogP contribution in [0.5, 0.6) is 5.88 Å². The molecule has 19 heavy (non-hydrogen) atoms. The molecular weight excluding hydrogens is 266 g/mol. The van der Waals surface area contributed by atoms with Gasteiger partial charge in [0.15, 0.2) is 0 Å². The van der Waals surface area contributed by atoms with Crippen molar-refractivity contribution in [3.63, 3.8) is 0 Å². The van der Waals surface area contributed by atoms with Crippen LogP contribution in [0.15, 0.2) is 29.4 Å². The third-order valence-corrected chi connectivity index (χ3v) is 2.38. The Morgan fingerprint density at radius 3 is 2.95 bits per heavy atom. The summed E-state index contributed by atoms with van der Waals surface area (Å²) >= 11 is 0. The average molecular weight is 282 g/mol. The van der Waals surface area contributed by atoms with E-state index in [4.69, 9.17) is 15.9 Å². The normalized spacial score (nSPS) is 10.4. The highest BCUT2D eigenvalue weighted by Crippen LogP contribution is 2.26. The summed E-state index contributed by atoms with van der Waals surface area (Å²) < 4.78 is 5.52. The Morgan fingerprint density at radius 2 is 2.26 bits per heavy atom. The maximum atomic E-state index is 7.03. The summed E-state index contributed by atoms with van der Waals surface area (Å²) in [5.74, 6) is 0.455. The van der Waals surface area contributed by atoms with Crippen molar-refractivity contribution in [1.29, 1.82) is 5.41 Å². The molecule has 0 fully saturated rings. The predicted octanol–water partition coefficient (Wildman–Crippen LogP) is 1.81. The Morgan fingerprint density at radius 1 is 1.53 bits per heavy atom. The molecule has 102 valence electrons. The predicted molar refractivity (Wildman–Crippen MR) is 79.4 cm³/mol. The number of hydrogen-bond acceptors (Lipinski definition) is 3. The number of benzene rings is 1. The number of nitrogens with one attached hydrogen (secondary N) is 3. The number of H-pyrrole nitrogens is 1. The van der Waals surface area contributed by atoms with E-state index in [1.807, 2.05) is 31.2 Å². The highest BCUT2D eigenvalue weighted by Gasteiger charge is 2.09. The molecule has 1 aromatic carbocycles. The first-order valence-corrected chi connectivity index (χ1v) is 5.59. The van der Waals surface area contributed by atoms with E-state index in [9.17, 15) is 0 Å². The van der Waals surface area contributed by atoms with Crippen molar-refractivity contribution in [1.82, 2.24) is 10.4 Å². The minimum atomic E-state index is -0.205. The minimum absolute atomic E-state index is 0. The monoisotopic (exact) mass is 281 g/mol. The van der Waals surface area contributed by atoms with E-state index in [0.717, 1.165) is 16.5 Å². The van der Waals surface area contributed by atoms with Gasteiger partial charge >= 0.3 is 0 Å². The topological polar surface area (TPSA) is 99.3 Å². The second kappa shape index (κ2) is 6.65. The van der Waals surface area contributed by atoms with Gasteiger partial charge in [0.1, 0.15) is 0 Å². The van der Waals surface area contributed by atoms with Gasteiger partial charge in [-0.2, -0.15) is 5.10 Å². The Hall–Kier alpha value is -2.21. The van der Waals surface area contributed by atoms with Gasteiger partial charge < -0.3 is 15.5 Å². The minimum Gasteiger partial charge on any atom is -0.479 e. The van der Waals surface area contributed by atoms with Crippen molar-refractivity contribution in [2.75, 3.05) is 6.61 Å². The van der Waals surface area contributed by atoms with Crippen molar-refractivity contribution >= 4 is 35.5 Å². The molecule has 1 heterocycles. The number of rotatable bonds is 4. The first-order valence-electron chi connectivity index (χ1n) is 5.59. The maximum Gasteiger partial charge on any atom is 0.206 e. The van der Waals surface area contributed by atoms with Crippen LogP contribution < -0.4 is 15.9 Å². The first-order chi connectivity index (χ1) is 8.72. The number of aromatic amines is 1. The van der Waals surface area contributed by atoms with E-state index in [-0.39, 0.29) is 18.4 Å². The van der Waals surface area contributed by atoms with Crippen molar-refractivity contribution in [2.24, 2.45) is 10.8 Å². The lowest BCUT2D eigenvalue weighted by molar-refractivity contribution is 0.329. The quantitative estimate of drug-likeness (QED) is 0.391. The van der Waals surface area contributed by atoms with Gasteiger partial charge in [0, 0.05) is 10.9 Å². The van der Waals surface area contributed by atoms with E-state index < -0.39 is 0 Å². The fraction of sp³-hybridized carbons (Fsp3) is 0.167. The van der Waals surface area contributed by atoms with E-state index in [2.05, 4.69) is 15.5 Å². The fourth-order valence-corrected chi connectivity index (χ4v) is 1.69. The number of para-hydroxylation sites is 1. The standard InChI is InChI=1S/C12H15N5O.ClH/c1-2-18-11-9(7-15-17-12(13)14)8-5-3-4-6-10(8)16-11;/h3-7,16H,2H2,1H3,(H4,13,14,17);1H. The van der Waals surface area contributed by atoms with Crippen LogP contribution in [-0.2, 0) is 0 Å². The van der Waals surface area contributed by atoms with Gasteiger partial charge in [0.05, 0.1) is 18.4 Å². The lowest BCUT2D eigenvalue weighted by atomic mass is 10.2. The van der Waals surface area contributed by atoms with E-state index in [1.54, 1.807) is 6.21 Å². The molecule has 7 heteroatoms. The molecule has 2 rings (SSSR count). The van der Waals surface area contributed by atoms with Gasteiger partial charge in [-0.15, -0.1) is 12.4 Å². The van der Waals surface area contributed by atoms with Gasteiger partial charge in [-0.1, -0.05) is 18.2 Å². The van der Waals surface area contributed by atoms with Crippen LogP contribution in [-0.4, -0.2) is 23.8 Å². The lowest BCUT2D eigenvalue weighted by Crippen LogP contribution is -2.25. The Kier molecular flexibility index (Phi) is 5.20. The van der Waals surface area contributed by atoms with Crippen molar-refractivity contribution in [3.8, 4) is 5.88 Å². The Bertz CT molecular complexity index is 593. The van der Waals surface area contributed by atoms with Gasteiger partial charge in [0.25, 0.3) is 0 Å². The third kappa shape index (κ3) is 3.38. The number of hydrazone groups is 1. The molecule has 0 atom stereocenters. The number of hydrogen-bond donors (Lipinski definition) is 4. The van der Waals surface area contributed by atoms with Crippen LogP contribution in [0, 0.1) is 5.41 Å². The highest BCUT2D eigenvalue weighted by molar-refractivity contribution is 6.02. The number of aromatic nitrogens is 1. The number of guanidine groups is 1. The molecule has 6 nitrogen and oxygen atoms in total. The van der Waals surface area contributed by atoms with Gasteiger partial charge in [-0.05, 0) is 13.0 Å². The molecule has 0 unspecified atom stereocenters. The molecule has 0 bridgehead atoms. The summed E-state index contributed by atoms with van der Waals surface area (Å²) in [4.78, 5) is 3.18. The SMILES string of the molecule is CCOc1[nH]c2ccccc2c1C=NNC(=N)N.Cl. The molecule has 0 amide bonds. The number of nitrogens with two attached hydrogens (primary N) is 1. The van der Waals surface area contributed by atoms with Crippen molar-refractivity contribution in [2.45, 2.75) is 6.92 Å². The van der Waals surface area contributed by atoms with E-state index in [0.29, 0.717) is 12.5 Å². The van der Waals surface area contributed by atoms with E-state index in [1.165, 1.54) is 0 Å². The molecule has 5 N–H and O–H groups in total. The fourth-order valence-electron chi connectivity index (χ4n) is 1.69. The van der Waals surface area contributed by atoms with Crippen molar-refractivity contribution < 1.29 is 4.74 Å². The summed E-state index contributed by atoms with van der Waals surface area (Å²) in [7, 11) is 0. The second-order valence-corrected chi connectivity index (χ2v) is 3.63. The Balaban J connectivity index is 0.00000180. The average Bonchev–Trinajstić information content (AvgIpc) is 2.68. The van der Waals surface area contributed by atoms with Gasteiger partial charge in [-0.25, -0.2) is 5.43 Å². The zero-order valence-electron chi connectivity index (χ0n) is 10.4. The van der Waals surface area contributed by atoms with Crippen LogP contribution in [0.1, 0.15) is 12.5 Å². The summed E-state index contributed by atoms with van der Waals surface area (Å²) in [5.41, 5.74) is 9.35. The van der Waals surface area contributed by atoms with Crippen LogP contribution in [0.25, 0.3) is 10.9 Å². The number of nitrogens with zero attached hydrogens (tertiary/aromatic N) is 1. The zero-order chi connectivity index (χ0) is 13.0. The number of halogens is 1. The summed E-state index contributed by atoms with van der Waals surface area (Å²) in [6, 6.07) is 7.84. The summed E-state index contributed by atoms with van der Waals surface area (Å²) in [6.45, 7) is 2.48. The first kappa shape index (κ1) is 14.8. The number of ether oxygens (including phenoxy) is 1. The van der Waals surface area contributed by atoms with Crippen LogP contribution in [0.2, 0.25) is 0 Å². The highest BCUT2D eigenvalue weighted by atomic mass is 35.5. The smallest absolute Gasteiger partial charge is 0.206 e. The molecule has 0 saturated carbocycles. The third-order valence-electron chi connectivity index (χ3n) is 2.38. The van der Waals surface area contributed by atoms with Gasteiger partial charge in [0.2, 0.25) is 11.8 Å². The van der Waals surface area contributed by atoms with E-state index >= 15 is 0 Å². The summed E-state index contributed by atoms with van der Waals surface area (Å²) in [6.07, 6.45) is 1.59. The van der Waals surface area contributed by atoms with Gasteiger partial charge in [-0.3, -0.25) is 5.41 Å². The molecule has 1 aromatic heterocycles. The summed E-state index contributed by atoms with van der Waals surface area (Å²) in [5, 5.41) is 11.9. The maximum absolute atomic E-state index is 7.03. The largest absolute Gasteiger partial charge is 0.479 e. The molecule has 0 radical (unpaired) electrons. The molecular formula is C12H16ClN5O. The Labute approximate surface area is 116 Å². The van der Waals surface area contributed by atoms with Crippen LogP contribution in [0.4, 0.5) is 0 Å². The molecule has 0 aliphatic heterocycles. The molecule has 0 aliphatic rings. The van der Waals surface area contributed by atoms with Crippen molar-refractivity contribution in [3.05, 3.63) is 29.8 Å². The molecule has 0 aliphatic carbocycles. The van der Waals surface area contributed by atoms with Crippen LogP contribution >= 0.6 is 12.4 Å². The second-order valence-electron chi connectivity index (χ2n) is 3.63. The molecule has 2 aromatic rings. The molecule has 0 saturated heterocycles. The molecule has 0 spiro atoms. The van der Waals surface area contributed by atoms with Crippen LogP contribution in [0.3, 0.4) is 0 Å². The number of fused-ring (bicyclic) bond motifs is 1. The zero-order valence-corrected chi connectivity index (χ0v) is 11.3. The lowest BCUT2D eigenvalue weighted by Gasteiger charge is -2.00.